The molecule has 0 aliphatic heterocycles. The lowest BCUT2D eigenvalue weighted by molar-refractivity contribution is -0.0649. The summed E-state index contributed by atoms with van der Waals surface area (Å²) in [6.07, 6.45) is 24.9. The van der Waals surface area contributed by atoms with Crippen LogP contribution in [0.4, 0.5) is 0 Å². The molecule has 0 spiro atoms. The Balaban J connectivity index is 0.000000132. The van der Waals surface area contributed by atoms with Crippen molar-refractivity contribution in [2.45, 2.75) is 230 Å². The molecule has 420 valence electrons. The molecule has 7 N–H and O–H groups in total. The molecule has 6 saturated carbocycles. The van der Waals surface area contributed by atoms with Gasteiger partial charge in [-0.25, -0.2) is 0 Å². The van der Waals surface area contributed by atoms with Crippen LogP contribution in [0.1, 0.15) is 226 Å². The number of phenolic OH excluding ortho intramolecular Hbond substituents is 2. The summed E-state index contributed by atoms with van der Waals surface area (Å²) in [6, 6.07) is 18.9. The van der Waals surface area contributed by atoms with Gasteiger partial charge in [0.2, 0.25) is 0 Å². The van der Waals surface area contributed by atoms with E-state index in [-0.39, 0.29) is 29.5 Å². The number of aliphatic hydroxyl groups is 5. The van der Waals surface area contributed by atoms with E-state index in [1.165, 1.54) is 53.5 Å². The van der Waals surface area contributed by atoms with Gasteiger partial charge in [-0.3, -0.25) is 0 Å². The molecular weight excluding hydrogens is 965 g/mol. The number of rotatable bonds is 6. The third-order valence-corrected chi connectivity index (χ3v) is 23.2. The second-order valence-electron chi connectivity index (χ2n) is 26.9. The Morgan fingerprint density at radius 2 is 0.795 bits per heavy atom. The highest BCUT2D eigenvalue weighted by molar-refractivity contribution is 5.43. The molecule has 0 radical (unpaired) electrons. The maximum Gasteiger partial charge on any atom is 0.131 e. The maximum atomic E-state index is 11.5. The van der Waals surface area contributed by atoms with Gasteiger partial charge in [0, 0.05) is 48.7 Å². The van der Waals surface area contributed by atoms with Gasteiger partial charge in [-0.05, 0) is 253 Å². The Labute approximate surface area is 468 Å². The first-order valence-corrected chi connectivity index (χ1v) is 31.1. The number of unbranched alkanes of at least 4 members (excludes halogenated alkanes) is 4. The van der Waals surface area contributed by atoms with Crippen LogP contribution >= 0.6 is 0 Å². The van der Waals surface area contributed by atoms with E-state index >= 15 is 0 Å². The molecule has 7 heteroatoms. The van der Waals surface area contributed by atoms with Crippen LogP contribution in [-0.4, -0.2) is 65.8 Å². The molecule has 0 heterocycles. The molecule has 3 aromatic carbocycles. The van der Waals surface area contributed by atoms with Crippen molar-refractivity contribution in [2.24, 2.45) is 51.8 Å². The third-order valence-electron chi connectivity index (χ3n) is 23.2. The molecule has 15 atom stereocenters. The van der Waals surface area contributed by atoms with Crippen LogP contribution in [0.15, 0.2) is 54.6 Å². The van der Waals surface area contributed by atoms with Crippen LogP contribution in [-0.2, 0) is 19.3 Å². The summed E-state index contributed by atoms with van der Waals surface area (Å²) in [4.78, 5) is 0. The van der Waals surface area contributed by atoms with Crippen molar-refractivity contribution in [3.05, 3.63) is 93.5 Å². The summed E-state index contributed by atoms with van der Waals surface area (Å²) >= 11 is 0. The van der Waals surface area contributed by atoms with Crippen molar-refractivity contribution in [2.75, 3.05) is 13.2 Å². The van der Waals surface area contributed by atoms with Gasteiger partial charge in [0.15, 0.2) is 0 Å². The number of aliphatic hydroxyl groups excluding tert-OH is 2. The second kappa shape index (κ2) is 22.9. The minimum atomic E-state index is -0.882. The van der Waals surface area contributed by atoms with E-state index in [1.54, 1.807) is 11.1 Å². The molecule has 0 unspecified atom stereocenters. The fraction of sp³-hybridized carbons (Fsp3) is 0.662. The van der Waals surface area contributed by atoms with Crippen molar-refractivity contribution in [1.29, 1.82) is 0 Å². The predicted octanol–water partition coefficient (Wildman–Crippen LogP) is 13.3. The van der Waals surface area contributed by atoms with E-state index in [1.807, 2.05) is 24.3 Å². The van der Waals surface area contributed by atoms with Gasteiger partial charge in [0.1, 0.15) is 28.3 Å². The predicted molar refractivity (Wildman–Crippen MR) is 312 cm³/mol. The van der Waals surface area contributed by atoms with Crippen molar-refractivity contribution >= 4 is 0 Å². The summed E-state index contributed by atoms with van der Waals surface area (Å²) in [7, 11) is 0. The molecule has 0 aromatic heterocycles. The topological polar surface area (TPSA) is 142 Å². The van der Waals surface area contributed by atoms with Crippen molar-refractivity contribution in [1.82, 2.24) is 0 Å². The highest BCUT2D eigenvalue weighted by Crippen LogP contribution is 2.67. The molecular formula is C71H94O7. The third kappa shape index (κ3) is 10.2. The lowest BCUT2D eigenvalue weighted by Crippen LogP contribution is -2.50. The molecule has 9 aliphatic rings. The number of aromatic hydroxyl groups is 2. The first-order chi connectivity index (χ1) is 37.4. The molecule has 9 aliphatic carbocycles. The molecule has 0 bridgehead atoms. The Bertz CT molecular complexity index is 2530. The van der Waals surface area contributed by atoms with Crippen LogP contribution in [0.25, 0.3) is 0 Å². The van der Waals surface area contributed by atoms with Gasteiger partial charge in [-0.15, -0.1) is 17.8 Å². The standard InChI is InChI=1S/2C24H32O2.C23H30O3/c1-17-6-8-19-18(16-17)7-9-21-20(19)10-13-23(2)22(21)11-14-24(23,26)12-4-3-5-15-25;1-3-4-5-6-13-24(26)15-12-22-21-9-7-17-16-18(25)8-10-19(17)20(21)11-14-23(22,24)2;1-22-12-9-19-18-8-6-17(25)15-16(18)5-7-20(19)21(22)10-13-23(22,26)11-3-2-4-14-24/h6,8,16,20-22,25-26H,3,5,7,9-11,13-15H2,1-2H3;8,10,16,20-22,25-26H,3-5,7,9,11-12,14-15H2,1-2H3;6,8,15,19-21,24-26H,2,4-5,7,9-10,12-14H2,1H3/t2*20-,21-,22+,23+,24+;19-,20-,21+,22+,23+/m111/s1. The monoisotopic (exact) mass is 1060 g/mol. The maximum absolute atomic E-state index is 11.5. The summed E-state index contributed by atoms with van der Waals surface area (Å²) in [5.74, 6) is 25.6. The second-order valence-corrected chi connectivity index (χ2v) is 26.9. The molecule has 0 amide bonds. The van der Waals surface area contributed by atoms with Gasteiger partial charge >= 0.3 is 0 Å². The zero-order valence-electron chi connectivity index (χ0n) is 48.1. The van der Waals surface area contributed by atoms with E-state index in [0.717, 1.165) is 109 Å². The SMILES string of the molecule is CCCCC#C[C@]1(O)CC[C@H]2[C@@H]3CCc4cc(O)ccc4[C@H]3CC[C@@]21C.C[C@]12CC[C@@H]3c4ccc(O)cc4CC[C@H]3[C@@H]1CC[C@@]2(O)C#CCCCO.Cc1ccc2c(c1)CC[C@@H]1[C@@H]2CC[C@@]2(C)[C@H]1CC[C@@]2(O)C#CCCCO. The Kier molecular flexibility index (Phi) is 16.8. The zero-order valence-corrected chi connectivity index (χ0v) is 48.1. The van der Waals surface area contributed by atoms with Crippen LogP contribution < -0.4 is 0 Å². The van der Waals surface area contributed by atoms with Gasteiger partial charge < -0.3 is 35.7 Å². The van der Waals surface area contributed by atoms with E-state index < -0.39 is 16.8 Å². The molecule has 3 aromatic rings. The fourth-order valence-electron chi connectivity index (χ4n) is 18.7. The van der Waals surface area contributed by atoms with Crippen LogP contribution in [0, 0.1) is 94.2 Å². The summed E-state index contributed by atoms with van der Waals surface area (Å²) in [5, 5.41) is 71.8. The number of hydrogen-bond acceptors (Lipinski definition) is 7. The first kappa shape index (κ1) is 57.0. The number of hydrogen-bond donors (Lipinski definition) is 7. The van der Waals surface area contributed by atoms with Crippen LogP contribution in [0.3, 0.4) is 0 Å². The van der Waals surface area contributed by atoms with Crippen molar-refractivity contribution in [3.8, 4) is 47.0 Å². The lowest BCUT2D eigenvalue weighted by atomic mass is 9.53. The lowest BCUT2D eigenvalue weighted by Gasteiger charge is -2.52. The zero-order chi connectivity index (χ0) is 55.1. The van der Waals surface area contributed by atoms with Gasteiger partial charge in [-0.1, -0.05) is 87.8 Å². The number of benzene rings is 3. The largest absolute Gasteiger partial charge is 0.508 e. The molecule has 7 nitrogen and oxygen atoms in total. The minimum Gasteiger partial charge on any atom is -0.508 e. The van der Waals surface area contributed by atoms with E-state index in [4.69, 9.17) is 10.2 Å². The molecule has 12 rings (SSSR count). The Morgan fingerprint density at radius 1 is 0.449 bits per heavy atom. The number of phenols is 2. The van der Waals surface area contributed by atoms with Gasteiger partial charge in [0.05, 0.1) is 0 Å². The molecule has 6 fully saturated rings. The van der Waals surface area contributed by atoms with E-state index in [2.05, 4.69) is 100 Å². The molecule has 0 saturated heterocycles. The summed E-state index contributed by atoms with van der Waals surface area (Å²) in [5.41, 5.74) is 7.23. The highest BCUT2D eigenvalue weighted by Gasteiger charge is 2.64. The van der Waals surface area contributed by atoms with E-state index in [0.29, 0.717) is 90.4 Å². The van der Waals surface area contributed by atoms with Crippen LogP contribution in [0.5, 0.6) is 11.5 Å². The van der Waals surface area contributed by atoms with Crippen molar-refractivity contribution in [3.63, 3.8) is 0 Å². The average Bonchev–Trinajstić information content (AvgIpc) is 3.28. The normalized spacial score (nSPS) is 37.9. The fourth-order valence-corrected chi connectivity index (χ4v) is 18.7. The highest BCUT2D eigenvalue weighted by atomic mass is 16.3. The minimum absolute atomic E-state index is 0.0677. The van der Waals surface area contributed by atoms with Gasteiger partial charge in [0.25, 0.3) is 0 Å². The Hall–Kier alpha value is -4.26. The van der Waals surface area contributed by atoms with Crippen molar-refractivity contribution < 1.29 is 35.7 Å². The molecule has 78 heavy (non-hydrogen) atoms. The number of fused-ring (bicyclic) bond motifs is 15. The van der Waals surface area contributed by atoms with Crippen LogP contribution in [0.2, 0.25) is 0 Å². The average molecular weight is 1060 g/mol. The summed E-state index contributed by atoms with van der Waals surface area (Å²) in [6.45, 7) is 11.6. The van der Waals surface area contributed by atoms with E-state index in [9.17, 15) is 25.5 Å². The number of aryl methyl sites for hydroxylation is 4. The first-order valence-electron chi connectivity index (χ1n) is 31.1. The smallest absolute Gasteiger partial charge is 0.131 e. The van der Waals surface area contributed by atoms with Gasteiger partial charge in [-0.2, -0.15) is 0 Å². The Morgan fingerprint density at radius 3 is 1.15 bits per heavy atom. The quantitative estimate of drug-likeness (QED) is 0.0963. The summed E-state index contributed by atoms with van der Waals surface area (Å²) < 4.78 is 0.